The highest BCUT2D eigenvalue weighted by Crippen LogP contribution is 2.49. The summed E-state index contributed by atoms with van der Waals surface area (Å²) >= 11 is 0. The molecule has 94 valence electrons. The minimum Gasteiger partial charge on any atom is -0.269 e. The summed E-state index contributed by atoms with van der Waals surface area (Å²) in [6.45, 7) is 10.3. The zero-order valence-electron chi connectivity index (χ0n) is 11.1. The van der Waals surface area contributed by atoms with Crippen LogP contribution in [0.2, 0.25) is 0 Å². The molecule has 2 N–H and O–H groups in total. The van der Waals surface area contributed by atoms with Gasteiger partial charge < -0.3 is 0 Å². The van der Waals surface area contributed by atoms with Crippen LogP contribution in [0.4, 0.5) is 0 Å². The summed E-state index contributed by atoms with van der Waals surface area (Å²) in [4.78, 5) is 0. The van der Waals surface area contributed by atoms with Gasteiger partial charge in [-0.25, -0.2) is 5.01 Å². The van der Waals surface area contributed by atoms with E-state index in [1.807, 2.05) is 11.1 Å². The van der Waals surface area contributed by atoms with E-state index in [0.29, 0.717) is 5.41 Å². The summed E-state index contributed by atoms with van der Waals surface area (Å²) in [5, 5.41) is 1.96. The number of allylic oxidation sites excluding steroid dienone is 5. The van der Waals surface area contributed by atoms with Gasteiger partial charge in [-0.05, 0) is 50.5 Å². The van der Waals surface area contributed by atoms with Gasteiger partial charge in [0, 0.05) is 13.1 Å². The summed E-state index contributed by atoms with van der Waals surface area (Å²) in [5.74, 6) is 5.85. The molecular weight excluding hydrogens is 208 g/mol. The van der Waals surface area contributed by atoms with Gasteiger partial charge in [-0.1, -0.05) is 29.9 Å². The van der Waals surface area contributed by atoms with Crippen LogP contribution in [0.15, 0.2) is 35.5 Å². The average Bonchev–Trinajstić information content (AvgIpc) is 2.60. The van der Waals surface area contributed by atoms with Gasteiger partial charge in [0.1, 0.15) is 0 Å². The van der Waals surface area contributed by atoms with E-state index >= 15 is 0 Å². The number of hydrogen-bond acceptors (Lipinski definition) is 2. The molecule has 1 aliphatic carbocycles. The standard InChI is InChI=1S/C15H24N2/c1-4-12(2)9-14-11-15(10-13(14)3)5-7-17(16)8-6-15/h4,9H,1,5-8,10-11,16H2,2-3H3/b12-9-. The maximum absolute atomic E-state index is 5.85. The van der Waals surface area contributed by atoms with Crippen molar-refractivity contribution in [2.45, 2.75) is 39.5 Å². The second-order valence-corrected chi connectivity index (χ2v) is 5.79. The average molecular weight is 232 g/mol. The number of hydrogen-bond donors (Lipinski definition) is 1. The molecule has 1 spiro atoms. The van der Waals surface area contributed by atoms with Crippen molar-refractivity contribution in [3.05, 3.63) is 35.5 Å². The lowest BCUT2D eigenvalue weighted by Crippen LogP contribution is -2.43. The van der Waals surface area contributed by atoms with Gasteiger partial charge in [-0.2, -0.15) is 0 Å². The summed E-state index contributed by atoms with van der Waals surface area (Å²) in [6.07, 6.45) is 9.23. The molecule has 2 rings (SSSR count). The van der Waals surface area contributed by atoms with E-state index in [2.05, 4.69) is 26.5 Å². The van der Waals surface area contributed by atoms with Gasteiger partial charge in [0.2, 0.25) is 0 Å². The smallest absolute Gasteiger partial charge is 0.0134 e. The van der Waals surface area contributed by atoms with Gasteiger partial charge >= 0.3 is 0 Å². The highest BCUT2D eigenvalue weighted by atomic mass is 15.4. The van der Waals surface area contributed by atoms with Crippen LogP contribution in [-0.2, 0) is 0 Å². The Bertz CT molecular complexity index is 368. The molecule has 0 aromatic heterocycles. The molecule has 0 aromatic carbocycles. The van der Waals surface area contributed by atoms with Crippen molar-refractivity contribution < 1.29 is 0 Å². The van der Waals surface area contributed by atoms with Gasteiger partial charge in [-0.3, -0.25) is 5.84 Å². The SMILES string of the molecule is C=C/C(C)=C\C1=C(C)CC2(CCN(N)CC2)C1. The largest absolute Gasteiger partial charge is 0.269 e. The third-order valence-electron chi connectivity index (χ3n) is 4.34. The Morgan fingerprint density at radius 2 is 2.00 bits per heavy atom. The second-order valence-electron chi connectivity index (χ2n) is 5.79. The van der Waals surface area contributed by atoms with E-state index < -0.39 is 0 Å². The number of piperidine rings is 1. The molecule has 1 heterocycles. The highest BCUT2D eigenvalue weighted by Gasteiger charge is 2.38. The van der Waals surface area contributed by atoms with Crippen LogP contribution in [0, 0.1) is 5.41 Å². The molecule has 1 saturated heterocycles. The van der Waals surface area contributed by atoms with E-state index in [1.54, 1.807) is 5.57 Å². The van der Waals surface area contributed by atoms with Crippen LogP contribution >= 0.6 is 0 Å². The van der Waals surface area contributed by atoms with Crippen molar-refractivity contribution in [2.24, 2.45) is 11.3 Å². The van der Waals surface area contributed by atoms with Gasteiger partial charge in [0.25, 0.3) is 0 Å². The van der Waals surface area contributed by atoms with E-state index in [0.717, 1.165) is 13.1 Å². The van der Waals surface area contributed by atoms with E-state index in [-0.39, 0.29) is 0 Å². The number of rotatable bonds is 2. The minimum atomic E-state index is 0.507. The van der Waals surface area contributed by atoms with Crippen LogP contribution in [0.1, 0.15) is 39.5 Å². The first-order valence-corrected chi connectivity index (χ1v) is 6.54. The third kappa shape index (κ3) is 2.70. The normalized spacial score (nSPS) is 25.7. The summed E-state index contributed by atoms with van der Waals surface area (Å²) in [5.41, 5.74) is 4.88. The molecule has 0 amide bonds. The van der Waals surface area contributed by atoms with Gasteiger partial charge in [0.15, 0.2) is 0 Å². The summed E-state index contributed by atoms with van der Waals surface area (Å²) in [7, 11) is 0. The maximum Gasteiger partial charge on any atom is 0.0134 e. The quantitative estimate of drug-likeness (QED) is 0.585. The zero-order valence-corrected chi connectivity index (χ0v) is 11.1. The molecule has 2 nitrogen and oxygen atoms in total. The lowest BCUT2D eigenvalue weighted by molar-refractivity contribution is 0.112. The van der Waals surface area contributed by atoms with E-state index in [1.165, 1.54) is 36.8 Å². The predicted octanol–water partition coefficient (Wildman–Crippen LogP) is 3.18. The monoisotopic (exact) mass is 232 g/mol. The molecule has 0 radical (unpaired) electrons. The first kappa shape index (κ1) is 12.6. The first-order chi connectivity index (χ1) is 8.04. The predicted molar refractivity (Wildman–Crippen MR) is 73.3 cm³/mol. The molecule has 2 aliphatic rings. The topological polar surface area (TPSA) is 29.3 Å². The molecule has 0 aromatic rings. The molecule has 17 heavy (non-hydrogen) atoms. The Morgan fingerprint density at radius 3 is 2.59 bits per heavy atom. The third-order valence-corrected chi connectivity index (χ3v) is 4.34. The van der Waals surface area contributed by atoms with Crippen molar-refractivity contribution in [1.29, 1.82) is 0 Å². The summed E-state index contributed by atoms with van der Waals surface area (Å²) < 4.78 is 0. The number of nitrogens with zero attached hydrogens (tertiary/aromatic N) is 1. The van der Waals surface area contributed by atoms with E-state index in [9.17, 15) is 0 Å². The first-order valence-electron chi connectivity index (χ1n) is 6.54. The summed E-state index contributed by atoms with van der Waals surface area (Å²) in [6, 6.07) is 0. The van der Waals surface area contributed by atoms with Crippen LogP contribution in [-0.4, -0.2) is 18.1 Å². The molecule has 1 aliphatic heterocycles. The fraction of sp³-hybridized carbons (Fsp3) is 0.600. The Hall–Kier alpha value is -0.860. The maximum atomic E-state index is 5.85. The Morgan fingerprint density at radius 1 is 1.35 bits per heavy atom. The minimum absolute atomic E-state index is 0.507. The lowest BCUT2D eigenvalue weighted by Gasteiger charge is -2.37. The second kappa shape index (κ2) is 4.79. The molecule has 0 atom stereocenters. The molecule has 0 saturated carbocycles. The van der Waals surface area contributed by atoms with Crippen LogP contribution in [0.3, 0.4) is 0 Å². The van der Waals surface area contributed by atoms with Crippen molar-refractivity contribution in [3.8, 4) is 0 Å². The Labute approximate surface area is 105 Å². The molecular formula is C15H24N2. The van der Waals surface area contributed by atoms with Crippen molar-refractivity contribution in [1.82, 2.24) is 5.01 Å². The molecule has 2 heteroatoms. The Kier molecular flexibility index (Phi) is 3.55. The van der Waals surface area contributed by atoms with Crippen molar-refractivity contribution in [3.63, 3.8) is 0 Å². The number of nitrogens with two attached hydrogens (primary N) is 1. The van der Waals surface area contributed by atoms with Crippen LogP contribution in [0.25, 0.3) is 0 Å². The van der Waals surface area contributed by atoms with Crippen LogP contribution in [0.5, 0.6) is 0 Å². The van der Waals surface area contributed by atoms with Crippen molar-refractivity contribution >= 4 is 0 Å². The zero-order chi connectivity index (χ0) is 12.5. The fourth-order valence-corrected chi connectivity index (χ4v) is 3.15. The van der Waals surface area contributed by atoms with Gasteiger partial charge in [0.05, 0.1) is 0 Å². The Balaban J connectivity index is 2.08. The highest BCUT2D eigenvalue weighted by molar-refractivity contribution is 5.36. The van der Waals surface area contributed by atoms with Crippen molar-refractivity contribution in [2.75, 3.05) is 13.1 Å². The molecule has 0 unspecified atom stereocenters. The fourth-order valence-electron chi connectivity index (χ4n) is 3.15. The lowest BCUT2D eigenvalue weighted by atomic mass is 9.75. The van der Waals surface area contributed by atoms with E-state index in [4.69, 9.17) is 5.84 Å². The van der Waals surface area contributed by atoms with Gasteiger partial charge in [-0.15, -0.1) is 0 Å². The molecule has 1 fully saturated rings. The molecule has 0 bridgehead atoms. The number of hydrazine groups is 1. The van der Waals surface area contributed by atoms with Crippen LogP contribution < -0.4 is 5.84 Å².